The zero-order chi connectivity index (χ0) is 17.5. The summed E-state index contributed by atoms with van der Waals surface area (Å²) in [5, 5.41) is 0. The van der Waals surface area contributed by atoms with Crippen LogP contribution >= 0.6 is 15.9 Å². The normalized spacial score (nSPS) is 14.4. The number of halogens is 1. The predicted molar refractivity (Wildman–Crippen MR) is 93.9 cm³/mol. The van der Waals surface area contributed by atoms with Crippen molar-refractivity contribution in [2.45, 2.75) is 24.7 Å². The van der Waals surface area contributed by atoms with Gasteiger partial charge in [-0.2, -0.15) is 0 Å². The lowest BCUT2D eigenvalue weighted by atomic mass is 10.0. The number of carbonyl (C=O) groups excluding carboxylic acids is 1. The Hall–Kier alpha value is -1.80. The van der Waals surface area contributed by atoms with E-state index in [0.717, 1.165) is 34.1 Å². The van der Waals surface area contributed by atoms with E-state index in [4.69, 9.17) is 0 Å². The molecule has 0 fully saturated rings. The van der Waals surface area contributed by atoms with E-state index in [2.05, 4.69) is 25.7 Å². The molecule has 1 N–H and O–H groups in total. The van der Waals surface area contributed by atoms with E-state index >= 15 is 0 Å². The van der Waals surface area contributed by atoms with Gasteiger partial charge in [0, 0.05) is 17.2 Å². The first-order chi connectivity index (χ1) is 11.3. The Labute approximate surface area is 149 Å². The van der Waals surface area contributed by atoms with Gasteiger partial charge in [-0.15, -0.1) is 0 Å². The molecule has 1 aromatic carbocycles. The number of aromatic nitrogens is 1. The minimum absolute atomic E-state index is 0.0538. The Balaban J connectivity index is 2.07. The van der Waals surface area contributed by atoms with Gasteiger partial charge >= 0.3 is 5.97 Å². The molecule has 128 valence electrons. The van der Waals surface area contributed by atoms with Gasteiger partial charge in [-0.25, -0.2) is 13.2 Å². The van der Waals surface area contributed by atoms with Gasteiger partial charge in [0.1, 0.15) is 10.6 Å². The third kappa shape index (κ3) is 2.84. The summed E-state index contributed by atoms with van der Waals surface area (Å²) < 4.78 is 33.1. The van der Waals surface area contributed by atoms with Crippen LogP contribution in [-0.2, 0) is 21.2 Å². The number of hydrogen-bond acceptors (Lipinski definition) is 4. The fourth-order valence-electron chi connectivity index (χ4n) is 3.00. The summed E-state index contributed by atoms with van der Waals surface area (Å²) in [5.74, 6) is -0.601. The number of esters is 1. The first-order valence-corrected chi connectivity index (χ1v) is 9.66. The van der Waals surface area contributed by atoms with Gasteiger partial charge in [-0.1, -0.05) is 15.9 Å². The van der Waals surface area contributed by atoms with E-state index < -0.39 is 16.0 Å². The molecule has 0 bridgehead atoms. The lowest BCUT2D eigenvalue weighted by molar-refractivity contribution is 0.0595. The Morgan fingerprint density at radius 3 is 2.79 bits per heavy atom. The van der Waals surface area contributed by atoms with Crippen LogP contribution in [0.25, 0.3) is 0 Å². The SMILES string of the molecule is COC(=O)c1cc(S(=O)(=O)N2CCCc3cc(Br)cc(C)c32)c[nH]1. The van der Waals surface area contributed by atoms with Gasteiger partial charge in [-0.3, -0.25) is 4.31 Å². The Bertz CT molecular complexity index is 905. The maximum atomic E-state index is 13.1. The van der Waals surface area contributed by atoms with Crippen molar-refractivity contribution in [3.63, 3.8) is 0 Å². The molecule has 0 spiro atoms. The van der Waals surface area contributed by atoms with Crippen molar-refractivity contribution in [2.75, 3.05) is 18.0 Å². The van der Waals surface area contributed by atoms with Crippen molar-refractivity contribution in [2.24, 2.45) is 0 Å². The van der Waals surface area contributed by atoms with E-state index in [0.29, 0.717) is 6.54 Å². The summed E-state index contributed by atoms with van der Waals surface area (Å²) in [6.45, 7) is 2.31. The molecule has 0 atom stereocenters. The molecule has 0 unspecified atom stereocenters. The monoisotopic (exact) mass is 412 g/mol. The third-order valence-electron chi connectivity index (χ3n) is 4.05. The number of hydrogen-bond donors (Lipinski definition) is 1. The van der Waals surface area contributed by atoms with E-state index in [1.807, 2.05) is 19.1 Å². The topological polar surface area (TPSA) is 79.5 Å². The number of carbonyl (C=O) groups is 1. The van der Waals surface area contributed by atoms with E-state index in [-0.39, 0.29) is 10.6 Å². The van der Waals surface area contributed by atoms with Crippen molar-refractivity contribution in [3.05, 3.63) is 45.7 Å². The van der Waals surface area contributed by atoms with Gasteiger partial charge in [0.2, 0.25) is 0 Å². The van der Waals surface area contributed by atoms with E-state index in [9.17, 15) is 13.2 Å². The first kappa shape index (κ1) is 17.0. The van der Waals surface area contributed by atoms with Crippen molar-refractivity contribution in [3.8, 4) is 0 Å². The number of rotatable bonds is 3. The number of nitrogens with one attached hydrogen (secondary N) is 1. The minimum Gasteiger partial charge on any atom is -0.464 e. The number of ether oxygens (including phenoxy) is 1. The smallest absolute Gasteiger partial charge is 0.354 e. The molecule has 0 radical (unpaired) electrons. The Morgan fingerprint density at radius 1 is 1.33 bits per heavy atom. The number of aryl methyl sites for hydroxylation is 2. The van der Waals surface area contributed by atoms with Gasteiger partial charge in [0.05, 0.1) is 12.8 Å². The number of H-pyrrole nitrogens is 1. The lowest BCUT2D eigenvalue weighted by Gasteiger charge is -2.31. The second-order valence-corrected chi connectivity index (χ2v) is 8.43. The average molecular weight is 413 g/mol. The van der Waals surface area contributed by atoms with Crippen molar-refractivity contribution < 1.29 is 17.9 Å². The predicted octanol–water partition coefficient (Wildman–Crippen LogP) is 3.01. The number of aromatic amines is 1. The number of methoxy groups -OCH3 is 1. The van der Waals surface area contributed by atoms with Crippen molar-refractivity contribution >= 4 is 37.6 Å². The standard InChI is InChI=1S/C16H17BrN2O4S/c1-10-6-12(17)7-11-4-3-5-19(15(10)11)24(21,22)13-8-14(18-9-13)16(20)23-2/h6-9,18H,3-5H2,1-2H3. The van der Waals surface area contributed by atoms with Crippen LogP contribution < -0.4 is 4.31 Å². The Morgan fingerprint density at radius 2 is 2.08 bits per heavy atom. The van der Waals surface area contributed by atoms with Gasteiger partial charge < -0.3 is 9.72 Å². The maximum absolute atomic E-state index is 13.1. The first-order valence-electron chi connectivity index (χ1n) is 7.43. The van der Waals surface area contributed by atoms with Gasteiger partial charge in [-0.05, 0) is 49.1 Å². The molecule has 2 aromatic rings. The molecule has 6 nitrogen and oxygen atoms in total. The fraction of sp³-hybridized carbons (Fsp3) is 0.312. The number of sulfonamides is 1. The molecule has 0 aliphatic carbocycles. The van der Waals surface area contributed by atoms with Crippen molar-refractivity contribution in [1.82, 2.24) is 4.98 Å². The molecule has 24 heavy (non-hydrogen) atoms. The molecule has 0 saturated heterocycles. The van der Waals surface area contributed by atoms with Crippen LogP contribution in [0.2, 0.25) is 0 Å². The van der Waals surface area contributed by atoms with Crippen LogP contribution in [0.3, 0.4) is 0 Å². The molecular weight excluding hydrogens is 396 g/mol. The van der Waals surface area contributed by atoms with Crippen LogP contribution in [0.1, 0.15) is 28.0 Å². The van der Waals surface area contributed by atoms with E-state index in [1.54, 1.807) is 0 Å². The summed E-state index contributed by atoms with van der Waals surface area (Å²) in [6.07, 6.45) is 2.91. The molecule has 2 heterocycles. The highest BCUT2D eigenvalue weighted by molar-refractivity contribution is 9.10. The molecule has 8 heteroatoms. The summed E-state index contributed by atoms with van der Waals surface area (Å²) in [6, 6.07) is 5.17. The molecule has 1 aromatic heterocycles. The van der Waals surface area contributed by atoms with Gasteiger partial charge in [0.25, 0.3) is 10.0 Å². The highest BCUT2D eigenvalue weighted by Gasteiger charge is 2.31. The van der Waals surface area contributed by atoms with E-state index in [1.165, 1.54) is 23.7 Å². The summed E-state index contributed by atoms with van der Waals surface area (Å²) in [5.41, 5.74) is 2.73. The molecule has 0 amide bonds. The zero-order valence-corrected chi connectivity index (χ0v) is 15.7. The highest BCUT2D eigenvalue weighted by atomic mass is 79.9. The number of benzene rings is 1. The molecule has 1 aliphatic heterocycles. The average Bonchev–Trinajstić information content (AvgIpc) is 3.04. The minimum atomic E-state index is -3.75. The van der Waals surface area contributed by atoms with Crippen LogP contribution in [0.5, 0.6) is 0 Å². The number of anilines is 1. The summed E-state index contributed by atoms with van der Waals surface area (Å²) in [4.78, 5) is 14.3. The number of nitrogens with zero attached hydrogens (tertiary/aromatic N) is 1. The van der Waals surface area contributed by atoms with Gasteiger partial charge in [0.15, 0.2) is 0 Å². The molecule has 1 aliphatic rings. The Kier molecular flexibility index (Phi) is 4.44. The lowest BCUT2D eigenvalue weighted by Crippen LogP contribution is -2.36. The molecule has 3 rings (SSSR count). The van der Waals surface area contributed by atoms with Crippen LogP contribution in [0, 0.1) is 6.92 Å². The summed E-state index contributed by atoms with van der Waals surface area (Å²) in [7, 11) is -2.50. The second kappa shape index (κ2) is 6.25. The van der Waals surface area contributed by atoms with Crippen LogP contribution in [0.15, 0.2) is 33.8 Å². The van der Waals surface area contributed by atoms with Crippen LogP contribution in [0.4, 0.5) is 5.69 Å². The van der Waals surface area contributed by atoms with Crippen molar-refractivity contribution in [1.29, 1.82) is 0 Å². The quantitative estimate of drug-likeness (QED) is 0.785. The number of fused-ring (bicyclic) bond motifs is 1. The zero-order valence-electron chi connectivity index (χ0n) is 13.3. The highest BCUT2D eigenvalue weighted by Crippen LogP contribution is 2.36. The molecule has 0 saturated carbocycles. The molecular formula is C16H17BrN2O4S. The summed E-state index contributed by atoms with van der Waals surface area (Å²) >= 11 is 3.46. The fourth-order valence-corrected chi connectivity index (χ4v) is 5.22. The maximum Gasteiger partial charge on any atom is 0.354 e. The third-order valence-corrected chi connectivity index (χ3v) is 6.29. The second-order valence-electron chi connectivity index (χ2n) is 5.65. The van der Waals surface area contributed by atoms with Crippen LogP contribution in [-0.4, -0.2) is 33.0 Å². The largest absolute Gasteiger partial charge is 0.464 e.